The van der Waals surface area contributed by atoms with Crippen molar-refractivity contribution in [3.8, 4) is 5.75 Å². The van der Waals surface area contributed by atoms with Crippen molar-refractivity contribution in [2.24, 2.45) is 0 Å². The number of hydrogen-bond acceptors (Lipinski definition) is 5. The van der Waals surface area contributed by atoms with Crippen LogP contribution in [0.1, 0.15) is 49.1 Å². The number of carbonyl (C=O) groups is 3. The lowest BCUT2D eigenvalue weighted by Crippen LogP contribution is -2.22. The van der Waals surface area contributed by atoms with E-state index in [0.29, 0.717) is 0 Å². The number of esters is 1. The normalized spacial score (nSPS) is 12.6. The maximum Gasteiger partial charge on any atom is 0.338 e. The Morgan fingerprint density at radius 2 is 1.68 bits per heavy atom. The molecule has 1 aliphatic rings. The first-order valence-corrected chi connectivity index (χ1v) is 6.77. The van der Waals surface area contributed by atoms with Crippen molar-refractivity contribution in [1.29, 1.82) is 0 Å². The summed E-state index contributed by atoms with van der Waals surface area (Å²) in [5.74, 6) is -1.88. The zero-order valence-corrected chi connectivity index (χ0v) is 11.8. The summed E-state index contributed by atoms with van der Waals surface area (Å²) < 4.78 is 4.86. The molecule has 1 aliphatic carbocycles. The molecule has 3 rings (SSSR count). The number of hydrogen-bond donors (Lipinski definition) is 1. The molecule has 0 aromatic heterocycles. The first-order valence-electron chi connectivity index (χ1n) is 6.77. The van der Waals surface area contributed by atoms with E-state index in [1.807, 2.05) is 0 Å². The molecule has 22 heavy (non-hydrogen) atoms. The smallest absolute Gasteiger partial charge is 0.338 e. The molecule has 0 spiro atoms. The standard InChI is InChI=1S/C17H12O5/c1-2-22-17(21)9-7-12-14(13(18)8-9)16(20)11-6-4-3-5-10(11)15(12)19/h3-8,18H,2H2,1H3. The van der Waals surface area contributed by atoms with E-state index in [1.165, 1.54) is 12.1 Å². The fourth-order valence-corrected chi connectivity index (χ4v) is 2.54. The van der Waals surface area contributed by atoms with Crippen molar-refractivity contribution in [1.82, 2.24) is 0 Å². The summed E-state index contributed by atoms with van der Waals surface area (Å²) in [6.07, 6.45) is 0. The van der Waals surface area contributed by atoms with E-state index in [-0.39, 0.29) is 34.4 Å². The molecule has 1 N–H and O–H groups in total. The summed E-state index contributed by atoms with van der Waals surface area (Å²) in [6, 6.07) is 8.84. The molecule has 0 fully saturated rings. The number of fused-ring (bicyclic) bond motifs is 2. The van der Waals surface area contributed by atoms with E-state index in [4.69, 9.17) is 4.74 Å². The van der Waals surface area contributed by atoms with Crippen LogP contribution in [0.15, 0.2) is 36.4 Å². The van der Waals surface area contributed by atoms with Crippen molar-refractivity contribution in [2.75, 3.05) is 6.61 Å². The predicted octanol–water partition coefficient (Wildman–Crippen LogP) is 2.34. The minimum atomic E-state index is -0.653. The summed E-state index contributed by atoms with van der Waals surface area (Å²) >= 11 is 0. The number of benzene rings is 2. The first kappa shape index (κ1) is 14.0. The summed E-state index contributed by atoms with van der Waals surface area (Å²) in [4.78, 5) is 36.8. The van der Waals surface area contributed by atoms with Crippen LogP contribution >= 0.6 is 0 Å². The second-order valence-corrected chi connectivity index (χ2v) is 4.84. The maximum atomic E-state index is 12.5. The highest BCUT2D eigenvalue weighted by Gasteiger charge is 2.32. The van der Waals surface area contributed by atoms with Gasteiger partial charge in [0.05, 0.1) is 17.7 Å². The summed E-state index contributed by atoms with van der Waals surface area (Å²) in [5.41, 5.74) is 0.502. The van der Waals surface area contributed by atoms with Gasteiger partial charge in [0, 0.05) is 16.7 Å². The highest BCUT2D eigenvalue weighted by atomic mass is 16.5. The molecule has 0 saturated heterocycles. The molecule has 0 radical (unpaired) electrons. The van der Waals surface area contributed by atoms with Gasteiger partial charge in [0.1, 0.15) is 5.75 Å². The van der Waals surface area contributed by atoms with E-state index in [0.717, 1.165) is 6.07 Å². The highest BCUT2D eigenvalue weighted by Crippen LogP contribution is 2.33. The van der Waals surface area contributed by atoms with Gasteiger partial charge in [0.2, 0.25) is 0 Å². The van der Waals surface area contributed by atoms with Crippen LogP contribution in [0, 0.1) is 0 Å². The molecule has 110 valence electrons. The summed E-state index contributed by atoms with van der Waals surface area (Å²) in [7, 11) is 0. The lowest BCUT2D eigenvalue weighted by molar-refractivity contribution is 0.0525. The van der Waals surface area contributed by atoms with Gasteiger partial charge >= 0.3 is 5.97 Å². The molecule has 0 heterocycles. The molecule has 5 nitrogen and oxygen atoms in total. The van der Waals surface area contributed by atoms with E-state index in [1.54, 1.807) is 25.1 Å². The molecule has 0 unspecified atom stereocenters. The van der Waals surface area contributed by atoms with Crippen LogP contribution in [-0.2, 0) is 4.74 Å². The molecule has 2 aromatic carbocycles. The SMILES string of the molecule is CCOC(=O)c1cc(O)c2c(c1)C(=O)c1ccccc1C2=O. The molecule has 5 heteroatoms. The zero-order valence-electron chi connectivity index (χ0n) is 11.8. The van der Waals surface area contributed by atoms with E-state index >= 15 is 0 Å². The second kappa shape index (κ2) is 5.11. The van der Waals surface area contributed by atoms with Gasteiger partial charge in [0.15, 0.2) is 11.6 Å². The van der Waals surface area contributed by atoms with Gasteiger partial charge in [-0.3, -0.25) is 9.59 Å². The number of ketones is 2. The lowest BCUT2D eigenvalue weighted by Gasteiger charge is -2.18. The Morgan fingerprint density at radius 3 is 2.32 bits per heavy atom. The van der Waals surface area contributed by atoms with Gasteiger partial charge < -0.3 is 9.84 Å². The maximum absolute atomic E-state index is 12.5. The molecule has 0 bridgehead atoms. The van der Waals surface area contributed by atoms with Gasteiger partial charge in [0.25, 0.3) is 0 Å². The molecule has 2 aromatic rings. The Labute approximate surface area is 126 Å². The largest absolute Gasteiger partial charge is 0.507 e. The van der Waals surface area contributed by atoms with E-state index < -0.39 is 23.3 Å². The second-order valence-electron chi connectivity index (χ2n) is 4.84. The molecule has 0 aliphatic heterocycles. The monoisotopic (exact) mass is 296 g/mol. The molecule has 0 amide bonds. The van der Waals surface area contributed by atoms with Crippen LogP contribution in [0.2, 0.25) is 0 Å². The molecule has 0 atom stereocenters. The van der Waals surface area contributed by atoms with Crippen LogP contribution < -0.4 is 0 Å². The average Bonchev–Trinajstić information content (AvgIpc) is 2.52. The Morgan fingerprint density at radius 1 is 1.05 bits per heavy atom. The lowest BCUT2D eigenvalue weighted by atomic mass is 9.83. The zero-order chi connectivity index (χ0) is 15.9. The Hall–Kier alpha value is -2.95. The highest BCUT2D eigenvalue weighted by molar-refractivity contribution is 6.29. The van der Waals surface area contributed by atoms with Gasteiger partial charge in [-0.05, 0) is 19.1 Å². The number of carbonyl (C=O) groups excluding carboxylic acids is 3. The van der Waals surface area contributed by atoms with Crippen molar-refractivity contribution < 1.29 is 24.2 Å². The predicted molar refractivity (Wildman–Crippen MR) is 77.4 cm³/mol. The van der Waals surface area contributed by atoms with Gasteiger partial charge in [-0.1, -0.05) is 24.3 Å². The first-order chi connectivity index (χ1) is 10.5. The Bertz CT molecular complexity index is 820. The van der Waals surface area contributed by atoms with Crippen LogP contribution in [0.4, 0.5) is 0 Å². The van der Waals surface area contributed by atoms with Crippen molar-refractivity contribution in [3.63, 3.8) is 0 Å². The fourth-order valence-electron chi connectivity index (χ4n) is 2.54. The number of rotatable bonds is 2. The van der Waals surface area contributed by atoms with Crippen molar-refractivity contribution >= 4 is 17.5 Å². The van der Waals surface area contributed by atoms with Crippen LogP contribution in [0.5, 0.6) is 5.75 Å². The third kappa shape index (κ3) is 1.98. The Balaban J connectivity index is 2.20. The van der Waals surface area contributed by atoms with Gasteiger partial charge in [-0.15, -0.1) is 0 Å². The van der Waals surface area contributed by atoms with E-state index in [9.17, 15) is 19.5 Å². The van der Waals surface area contributed by atoms with Gasteiger partial charge in [-0.2, -0.15) is 0 Å². The number of aromatic hydroxyl groups is 1. The minimum absolute atomic E-state index is 0.0201. The topological polar surface area (TPSA) is 80.7 Å². The number of phenolic OH excluding ortho intramolecular Hbond substituents is 1. The van der Waals surface area contributed by atoms with Crippen molar-refractivity contribution in [3.05, 3.63) is 64.2 Å². The minimum Gasteiger partial charge on any atom is -0.507 e. The Kier molecular flexibility index (Phi) is 3.25. The number of ether oxygens (including phenoxy) is 1. The molecular formula is C17H12O5. The van der Waals surface area contributed by atoms with E-state index in [2.05, 4.69) is 0 Å². The van der Waals surface area contributed by atoms with Crippen LogP contribution in [0.3, 0.4) is 0 Å². The number of phenols is 1. The van der Waals surface area contributed by atoms with Gasteiger partial charge in [-0.25, -0.2) is 4.79 Å². The fraction of sp³-hybridized carbons (Fsp3) is 0.118. The third-order valence-electron chi connectivity index (χ3n) is 3.52. The quantitative estimate of drug-likeness (QED) is 0.734. The van der Waals surface area contributed by atoms with Crippen molar-refractivity contribution in [2.45, 2.75) is 6.92 Å². The van der Waals surface area contributed by atoms with Crippen LogP contribution in [0.25, 0.3) is 0 Å². The summed E-state index contributed by atoms with van der Waals surface area (Å²) in [5, 5.41) is 10.1. The summed E-state index contributed by atoms with van der Waals surface area (Å²) in [6.45, 7) is 1.83. The average molecular weight is 296 g/mol. The molecule has 0 saturated carbocycles. The van der Waals surface area contributed by atoms with Crippen LogP contribution in [-0.4, -0.2) is 29.2 Å². The third-order valence-corrected chi connectivity index (χ3v) is 3.52. The molecular weight excluding hydrogens is 284 g/mol.